The fourth-order valence-corrected chi connectivity index (χ4v) is 5.14. The zero-order chi connectivity index (χ0) is 16.4. The van der Waals surface area contributed by atoms with Gasteiger partial charge in [0.05, 0.1) is 24.7 Å². The summed E-state index contributed by atoms with van der Waals surface area (Å²) in [6.07, 6.45) is 0. The van der Waals surface area contributed by atoms with E-state index in [9.17, 15) is 9.59 Å². The van der Waals surface area contributed by atoms with Crippen LogP contribution in [0.25, 0.3) is 0 Å². The van der Waals surface area contributed by atoms with E-state index in [1.54, 1.807) is 14.0 Å². The van der Waals surface area contributed by atoms with E-state index in [4.69, 9.17) is 9.47 Å². The average molecular weight is 351 g/mol. The largest absolute Gasteiger partial charge is 0.497 e. The molecule has 122 valence electrons. The van der Waals surface area contributed by atoms with E-state index < -0.39 is 0 Å². The van der Waals surface area contributed by atoms with E-state index in [1.807, 2.05) is 24.3 Å². The van der Waals surface area contributed by atoms with Crippen molar-refractivity contribution in [1.29, 1.82) is 0 Å². The maximum Gasteiger partial charge on any atom is 0.310 e. The Morgan fingerprint density at radius 2 is 2.09 bits per heavy atom. The zero-order valence-electron chi connectivity index (χ0n) is 12.8. The number of aromatic amines is 1. The maximum absolute atomic E-state index is 12.4. The predicted molar refractivity (Wildman–Crippen MR) is 90.6 cm³/mol. The molecule has 1 N–H and O–H groups in total. The number of hydrogen-bond acceptors (Lipinski definition) is 6. The van der Waals surface area contributed by atoms with Crippen molar-refractivity contribution in [3.8, 4) is 5.75 Å². The molecule has 2 atom stereocenters. The van der Waals surface area contributed by atoms with E-state index in [2.05, 4.69) is 4.98 Å². The van der Waals surface area contributed by atoms with Crippen molar-refractivity contribution in [3.63, 3.8) is 0 Å². The van der Waals surface area contributed by atoms with Gasteiger partial charge in [-0.2, -0.15) is 0 Å². The number of methoxy groups -OCH3 is 1. The minimum Gasteiger partial charge on any atom is -0.497 e. The number of hydrogen-bond donors (Lipinski definition) is 1. The van der Waals surface area contributed by atoms with E-state index in [0.717, 1.165) is 21.2 Å². The normalized spacial score (nSPS) is 19.9. The van der Waals surface area contributed by atoms with Crippen molar-refractivity contribution in [2.75, 3.05) is 19.5 Å². The molecule has 0 radical (unpaired) electrons. The number of benzene rings is 1. The molecule has 0 saturated heterocycles. The monoisotopic (exact) mass is 351 g/mol. The first-order valence-corrected chi connectivity index (χ1v) is 9.10. The summed E-state index contributed by atoms with van der Waals surface area (Å²) in [4.78, 5) is 27.8. The summed E-state index contributed by atoms with van der Waals surface area (Å²) in [5.74, 6) is 0.670. The lowest BCUT2D eigenvalue weighted by molar-refractivity contribution is -0.147. The van der Waals surface area contributed by atoms with Crippen molar-refractivity contribution in [1.82, 2.24) is 4.98 Å². The van der Waals surface area contributed by atoms with Crippen LogP contribution in [0.2, 0.25) is 0 Å². The minimum atomic E-state index is -0.299. The fourth-order valence-electron chi connectivity index (χ4n) is 2.74. The van der Waals surface area contributed by atoms with Crippen molar-refractivity contribution < 1.29 is 14.3 Å². The molecule has 0 bridgehead atoms. The van der Waals surface area contributed by atoms with Gasteiger partial charge in [0.15, 0.2) is 0 Å². The third-order valence-corrected chi connectivity index (χ3v) is 6.03. The molecule has 1 aromatic carbocycles. The standard InChI is InChI=1S/C16H17NO4S2/c1-3-21-15(18)11-8-22-14-13(23-16(19)17-14)12(11)9-4-6-10(20-2)7-5-9/h4-7,11-12H,3,8H2,1-2H3,(H,17,19). The molecule has 23 heavy (non-hydrogen) atoms. The highest BCUT2D eigenvalue weighted by Gasteiger charge is 2.39. The first kappa shape index (κ1) is 16.1. The number of carbonyl (C=O) groups excluding carboxylic acids is 1. The van der Waals surface area contributed by atoms with Gasteiger partial charge in [-0.15, -0.1) is 11.8 Å². The molecule has 0 fully saturated rings. The summed E-state index contributed by atoms with van der Waals surface area (Å²) in [5.41, 5.74) is 0.987. The van der Waals surface area contributed by atoms with E-state index in [-0.39, 0.29) is 22.7 Å². The van der Waals surface area contributed by atoms with Crippen molar-refractivity contribution in [2.24, 2.45) is 5.92 Å². The minimum absolute atomic E-state index is 0.0921. The third kappa shape index (κ3) is 3.16. The van der Waals surface area contributed by atoms with E-state index in [0.29, 0.717) is 12.4 Å². The van der Waals surface area contributed by atoms with Gasteiger partial charge in [-0.05, 0) is 24.6 Å². The summed E-state index contributed by atoms with van der Waals surface area (Å²) >= 11 is 2.68. The van der Waals surface area contributed by atoms with Crippen LogP contribution in [0.4, 0.5) is 0 Å². The Balaban J connectivity index is 2.04. The highest BCUT2D eigenvalue weighted by atomic mass is 32.2. The highest BCUT2D eigenvalue weighted by Crippen LogP contribution is 2.45. The molecule has 2 heterocycles. The number of fused-ring (bicyclic) bond motifs is 1. The van der Waals surface area contributed by atoms with E-state index in [1.165, 1.54) is 23.1 Å². The molecule has 1 aromatic heterocycles. The van der Waals surface area contributed by atoms with Gasteiger partial charge in [0, 0.05) is 16.5 Å². The lowest BCUT2D eigenvalue weighted by atomic mass is 9.85. The van der Waals surface area contributed by atoms with Crippen LogP contribution in [0.15, 0.2) is 34.1 Å². The predicted octanol–water partition coefficient (Wildman–Crippen LogP) is 2.86. The second-order valence-corrected chi connectivity index (χ2v) is 7.17. The van der Waals surface area contributed by atoms with Gasteiger partial charge < -0.3 is 14.5 Å². The number of carbonyl (C=O) groups is 1. The van der Waals surface area contributed by atoms with Crippen molar-refractivity contribution in [2.45, 2.75) is 17.9 Å². The lowest BCUT2D eigenvalue weighted by Gasteiger charge is -2.29. The number of nitrogens with one attached hydrogen (secondary N) is 1. The molecule has 7 heteroatoms. The molecule has 0 spiro atoms. The Hall–Kier alpha value is -1.73. The van der Waals surface area contributed by atoms with Gasteiger partial charge in [0.25, 0.3) is 0 Å². The van der Waals surface area contributed by atoms with Gasteiger partial charge in [-0.1, -0.05) is 23.5 Å². The molecular weight excluding hydrogens is 334 g/mol. The molecule has 0 amide bonds. The summed E-state index contributed by atoms with van der Waals surface area (Å²) in [6.45, 7) is 2.15. The Kier molecular flexibility index (Phi) is 4.77. The topological polar surface area (TPSA) is 68.4 Å². The quantitative estimate of drug-likeness (QED) is 0.858. The second kappa shape index (κ2) is 6.80. The molecule has 0 aliphatic carbocycles. The summed E-state index contributed by atoms with van der Waals surface area (Å²) < 4.78 is 10.4. The van der Waals surface area contributed by atoms with Gasteiger partial charge in [0.2, 0.25) is 0 Å². The third-order valence-electron chi connectivity index (χ3n) is 3.80. The van der Waals surface area contributed by atoms with Crippen LogP contribution in [0.3, 0.4) is 0 Å². The number of thiazole rings is 1. The highest BCUT2D eigenvalue weighted by molar-refractivity contribution is 7.99. The number of ether oxygens (including phenoxy) is 2. The Morgan fingerprint density at radius 3 is 2.74 bits per heavy atom. The van der Waals surface area contributed by atoms with Crippen LogP contribution < -0.4 is 9.61 Å². The first-order chi connectivity index (χ1) is 11.1. The molecule has 1 aliphatic rings. The molecule has 5 nitrogen and oxygen atoms in total. The molecular formula is C16H17NO4S2. The van der Waals surface area contributed by atoms with Crippen LogP contribution in [0, 0.1) is 5.92 Å². The number of aromatic nitrogens is 1. The number of H-pyrrole nitrogens is 1. The van der Waals surface area contributed by atoms with Crippen LogP contribution in [0.1, 0.15) is 23.3 Å². The van der Waals surface area contributed by atoms with Gasteiger partial charge >= 0.3 is 10.8 Å². The van der Waals surface area contributed by atoms with Gasteiger partial charge in [0.1, 0.15) is 5.75 Å². The van der Waals surface area contributed by atoms with E-state index >= 15 is 0 Å². The van der Waals surface area contributed by atoms with Crippen molar-refractivity contribution >= 4 is 29.1 Å². The molecule has 2 aromatic rings. The van der Waals surface area contributed by atoms with Crippen LogP contribution in [-0.4, -0.2) is 30.4 Å². The van der Waals surface area contributed by atoms with Crippen LogP contribution in [-0.2, 0) is 9.53 Å². The summed E-state index contributed by atoms with van der Waals surface area (Å²) in [5, 5.41) is 0.862. The van der Waals surface area contributed by atoms with Gasteiger partial charge in [-0.3, -0.25) is 9.59 Å². The van der Waals surface area contributed by atoms with Crippen LogP contribution in [0.5, 0.6) is 5.75 Å². The maximum atomic E-state index is 12.4. The first-order valence-electron chi connectivity index (χ1n) is 7.30. The number of thioether (sulfide) groups is 1. The summed E-state index contributed by atoms with van der Waals surface area (Å²) in [6, 6.07) is 7.63. The number of rotatable bonds is 4. The molecule has 2 unspecified atom stereocenters. The lowest BCUT2D eigenvalue weighted by Crippen LogP contribution is -2.29. The fraction of sp³-hybridized carbons (Fsp3) is 0.375. The van der Waals surface area contributed by atoms with Crippen LogP contribution >= 0.6 is 23.1 Å². The molecule has 1 aliphatic heterocycles. The molecule has 3 rings (SSSR count). The second-order valence-electron chi connectivity index (χ2n) is 5.13. The smallest absolute Gasteiger partial charge is 0.310 e. The van der Waals surface area contributed by atoms with Gasteiger partial charge in [-0.25, -0.2) is 0 Å². The Morgan fingerprint density at radius 1 is 1.35 bits per heavy atom. The summed E-state index contributed by atoms with van der Waals surface area (Å²) in [7, 11) is 1.61. The Labute approximate surface area is 142 Å². The number of esters is 1. The zero-order valence-corrected chi connectivity index (χ0v) is 14.5. The molecule has 0 saturated carbocycles. The SMILES string of the molecule is CCOC(=O)C1CSc2[nH]c(=O)sc2C1c1ccc(OC)cc1. The average Bonchev–Trinajstić information content (AvgIpc) is 2.94. The van der Waals surface area contributed by atoms with Crippen molar-refractivity contribution in [3.05, 3.63) is 44.4 Å². The Bertz CT molecular complexity index is 750.